The Balaban J connectivity index is 1.57. The lowest BCUT2D eigenvalue weighted by molar-refractivity contribution is -0.914. The Morgan fingerprint density at radius 2 is 1.92 bits per heavy atom. The molecule has 2 aromatic rings. The lowest BCUT2D eigenvalue weighted by Gasteiger charge is -2.36. The van der Waals surface area contributed by atoms with Gasteiger partial charge in [-0.2, -0.15) is 0 Å². The highest BCUT2D eigenvalue weighted by Crippen LogP contribution is 2.22. The Morgan fingerprint density at radius 3 is 2.58 bits per heavy atom. The molecule has 1 heterocycles. The number of halogens is 3. The Kier molecular flexibility index (Phi) is 6.01. The molecule has 0 spiro atoms. The minimum absolute atomic E-state index is 0.121. The summed E-state index contributed by atoms with van der Waals surface area (Å²) in [6.45, 7) is 5.29. The first-order valence-corrected chi connectivity index (χ1v) is 9.30. The zero-order valence-electron chi connectivity index (χ0n) is 14.4. The summed E-state index contributed by atoms with van der Waals surface area (Å²) in [5, 5.41) is 3.72. The van der Waals surface area contributed by atoms with Crippen molar-refractivity contribution >= 4 is 40.5 Å². The Morgan fingerprint density at radius 1 is 1.19 bits per heavy atom. The average Bonchev–Trinajstić information content (AvgIpc) is 2.63. The third-order valence-corrected chi connectivity index (χ3v) is 5.32. The SMILES string of the molecule is C[C@H](C(=O)Nc1ccc(F)cc1Cl)[NH+]1CCN(c2cccc(Cl)c2)CC1. The topological polar surface area (TPSA) is 36.8 Å². The molecular weight excluding hydrogens is 376 g/mol. The second kappa shape index (κ2) is 8.25. The summed E-state index contributed by atoms with van der Waals surface area (Å²) in [5.41, 5.74) is 1.54. The van der Waals surface area contributed by atoms with E-state index in [2.05, 4.69) is 10.2 Å². The number of anilines is 2. The number of quaternary nitrogens is 1. The monoisotopic (exact) mass is 396 g/mol. The lowest BCUT2D eigenvalue weighted by Crippen LogP contribution is -3.19. The summed E-state index contributed by atoms with van der Waals surface area (Å²) >= 11 is 12.1. The first kappa shape index (κ1) is 19.0. The van der Waals surface area contributed by atoms with Crippen LogP contribution in [0.4, 0.5) is 15.8 Å². The van der Waals surface area contributed by atoms with Gasteiger partial charge in [0.25, 0.3) is 5.91 Å². The van der Waals surface area contributed by atoms with Gasteiger partial charge in [0.05, 0.1) is 36.9 Å². The van der Waals surface area contributed by atoms with E-state index in [4.69, 9.17) is 23.2 Å². The summed E-state index contributed by atoms with van der Waals surface area (Å²) in [7, 11) is 0. The second-order valence-corrected chi connectivity index (χ2v) is 7.30. The van der Waals surface area contributed by atoms with Crippen molar-refractivity contribution in [1.82, 2.24) is 0 Å². The van der Waals surface area contributed by atoms with Gasteiger partial charge in [-0.05, 0) is 43.3 Å². The van der Waals surface area contributed by atoms with E-state index in [9.17, 15) is 9.18 Å². The van der Waals surface area contributed by atoms with Crippen LogP contribution in [0.1, 0.15) is 6.92 Å². The summed E-state index contributed by atoms with van der Waals surface area (Å²) in [4.78, 5) is 16.0. The Bertz CT molecular complexity index is 794. The van der Waals surface area contributed by atoms with Crippen molar-refractivity contribution in [3.63, 3.8) is 0 Å². The fourth-order valence-corrected chi connectivity index (χ4v) is 3.57. The molecule has 4 nitrogen and oxygen atoms in total. The van der Waals surface area contributed by atoms with Crippen LogP contribution in [0.15, 0.2) is 42.5 Å². The third kappa shape index (κ3) is 4.47. The van der Waals surface area contributed by atoms with E-state index in [1.807, 2.05) is 31.2 Å². The van der Waals surface area contributed by atoms with Crippen LogP contribution in [0.2, 0.25) is 10.0 Å². The number of piperazine rings is 1. The Labute approximate surface area is 162 Å². The number of nitrogens with zero attached hydrogens (tertiary/aromatic N) is 1. The van der Waals surface area contributed by atoms with Crippen LogP contribution in [-0.2, 0) is 4.79 Å². The Hall–Kier alpha value is -1.82. The van der Waals surface area contributed by atoms with Crippen LogP contribution in [0, 0.1) is 5.82 Å². The zero-order chi connectivity index (χ0) is 18.7. The first-order chi connectivity index (χ1) is 12.4. The third-order valence-electron chi connectivity index (χ3n) is 4.77. The van der Waals surface area contributed by atoms with Crippen molar-refractivity contribution in [3.8, 4) is 0 Å². The molecule has 1 aliphatic rings. The highest BCUT2D eigenvalue weighted by Gasteiger charge is 2.29. The van der Waals surface area contributed by atoms with Crippen molar-refractivity contribution in [2.45, 2.75) is 13.0 Å². The van der Waals surface area contributed by atoms with Gasteiger partial charge in [0, 0.05) is 10.7 Å². The minimum Gasteiger partial charge on any atom is -0.360 e. The van der Waals surface area contributed by atoms with Gasteiger partial charge in [-0.15, -0.1) is 0 Å². The molecule has 0 unspecified atom stereocenters. The van der Waals surface area contributed by atoms with Gasteiger partial charge < -0.3 is 15.1 Å². The molecule has 0 aliphatic carbocycles. The van der Waals surface area contributed by atoms with E-state index < -0.39 is 5.82 Å². The molecular formula is C19H21Cl2FN3O+. The molecule has 3 rings (SSSR count). The van der Waals surface area contributed by atoms with Gasteiger partial charge in [-0.1, -0.05) is 29.3 Å². The zero-order valence-corrected chi connectivity index (χ0v) is 15.9. The van der Waals surface area contributed by atoms with Crippen LogP contribution < -0.4 is 15.1 Å². The van der Waals surface area contributed by atoms with Crippen LogP contribution >= 0.6 is 23.2 Å². The van der Waals surface area contributed by atoms with E-state index in [1.54, 1.807) is 0 Å². The van der Waals surface area contributed by atoms with Crippen molar-refractivity contribution in [2.24, 2.45) is 0 Å². The van der Waals surface area contributed by atoms with Crippen LogP contribution in [0.5, 0.6) is 0 Å². The van der Waals surface area contributed by atoms with Crippen molar-refractivity contribution in [2.75, 3.05) is 36.4 Å². The van der Waals surface area contributed by atoms with Crippen LogP contribution in [-0.4, -0.2) is 38.1 Å². The average molecular weight is 397 g/mol. The van der Waals surface area contributed by atoms with E-state index in [0.717, 1.165) is 36.9 Å². The predicted octanol–water partition coefficient (Wildman–Crippen LogP) is 2.86. The van der Waals surface area contributed by atoms with Gasteiger partial charge in [0.2, 0.25) is 0 Å². The molecule has 1 atom stereocenters. The normalized spacial score (nSPS) is 16.4. The van der Waals surface area contributed by atoms with Crippen LogP contribution in [0.25, 0.3) is 0 Å². The molecule has 0 bridgehead atoms. The summed E-state index contributed by atoms with van der Waals surface area (Å²) in [6.07, 6.45) is 0. The minimum atomic E-state index is -0.427. The van der Waals surface area contributed by atoms with Crippen molar-refractivity contribution < 1.29 is 14.1 Å². The van der Waals surface area contributed by atoms with E-state index in [-0.39, 0.29) is 17.0 Å². The molecule has 26 heavy (non-hydrogen) atoms. The maximum Gasteiger partial charge on any atom is 0.282 e. The molecule has 1 aliphatic heterocycles. The largest absolute Gasteiger partial charge is 0.360 e. The molecule has 7 heteroatoms. The second-order valence-electron chi connectivity index (χ2n) is 6.46. The molecule has 0 radical (unpaired) electrons. The number of carbonyl (C=O) groups excluding carboxylic acids is 1. The number of benzene rings is 2. The maximum absolute atomic E-state index is 13.1. The molecule has 1 saturated heterocycles. The molecule has 2 N–H and O–H groups in total. The fourth-order valence-electron chi connectivity index (χ4n) is 3.18. The first-order valence-electron chi connectivity index (χ1n) is 8.55. The molecule has 0 aromatic heterocycles. The van der Waals surface area contributed by atoms with Gasteiger partial charge in [0.1, 0.15) is 5.82 Å². The molecule has 1 fully saturated rings. The number of rotatable bonds is 4. The summed E-state index contributed by atoms with van der Waals surface area (Å²) < 4.78 is 13.1. The highest BCUT2D eigenvalue weighted by molar-refractivity contribution is 6.33. The van der Waals surface area contributed by atoms with Gasteiger partial charge in [-0.3, -0.25) is 4.79 Å². The quantitative estimate of drug-likeness (QED) is 0.833. The van der Waals surface area contributed by atoms with Crippen LogP contribution in [0.3, 0.4) is 0 Å². The van der Waals surface area contributed by atoms with E-state index in [0.29, 0.717) is 5.69 Å². The summed E-state index contributed by atoms with van der Waals surface area (Å²) in [6, 6.07) is 11.5. The number of amides is 1. The standard InChI is InChI=1S/C19H20Cl2FN3O/c1-13(19(26)23-18-6-5-15(22)12-17(18)21)24-7-9-25(10-8-24)16-4-2-3-14(20)11-16/h2-6,11-13H,7-10H2,1H3,(H,23,26)/p+1/t13-/m1/s1. The van der Waals surface area contributed by atoms with Gasteiger partial charge in [0.15, 0.2) is 6.04 Å². The maximum atomic E-state index is 13.1. The fraction of sp³-hybridized carbons (Fsp3) is 0.316. The molecule has 1 amide bonds. The van der Waals surface area contributed by atoms with Gasteiger partial charge >= 0.3 is 0 Å². The smallest absolute Gasteiger partial charge is 0.282 e. The molecule has 138 valence electrons. The number of hydrogen-bond acceptors (Lipinski definition) is 2. The molecule has 0 saturated carbocycles. The number of carbonyl (C=O) groups is 1. The van der Waals surface area contributed by atoms with Gasteiger partial charge in [-0.25, -0.2) is 4.39 Å². The number of hydrogen-bond donors (Lipinski definition) is 2. The van der Waals surface area contributed by atoms with Crippen molar-refractivity contribution in [3.05, 3.63) is 58.3 Å². The van der Waals surface area contributed by atoms with Crippen molar-refractivity contribution in [1.29, 1.82) is 0 Å². The number of nitrogens with one attached hydrogen (secondary N) is 2. The van der Waals surface area contributed by atoms with E-state index >= 15 is 0 Å². The summed E-state index contributed by atoms with van der Waals surface area (Å²) in [5.74, 6) is -0.548. The lowest BCUT2D eigenvalue weighted by atomic mass is 10.2. The predicted molar refractivity (Wildman–Crippen MR) is 104 cm³/mol. The molecule has 2 aromatic carbocycles. The van der Waals surface area contributed by atoms with E-state index in [1.165, 1.54) is 23.1 Å². The highest BCUT2D eigenvalue weighted by atomic mass is 35.5.